The van der Waals surface area contributed by atoms with E-state index >= 15 is 0 Å². The van der Waals surface area contributed by atoms with E-state index in [2.05, 4.69) is 5.32 Å². The molecule has 35 heavy (non-hydrogen) atoms. The fourth-order valence-electron chi connectivity index (χ4n) is 4.72. The zero-order valence-electron chi connectivity index (χ0n) is 19.1. The van der Waals surface area contributed by atoms with Crippen LogP contribution >= 0.6 is 0 Å². The number of nitro groups is 1. The number of piperidine rings is 1. The van der Waals surface area contributed by atoms with Gasteiger partial charge in [0.2, 0.25) is 11.7 Å². The number of para-hydroxylation sites is 3. The average molecular weight is 479 g/mol. The molecule has 0 atom stereocenters. The van der Waals surface area contributed by atoms with Crippen LogP contribution in [-0.2, 0) is 9.53 Å². The fourth-order valence-corrected chi connectivity index (χ4v) is 4.72. The van der Waals surface area contributed by atoms with E-state index in [1.165, 1.54) is 6.07 Å². The smallest absolute Gasteiger partial charge is 0.292 e. The molecular weight excluding hydrogens is 452 g/mol. The van der Waals surface area contributed by atoms with Crippen LogP contribution in [0.1, 0.15) is 23.4 Å². The van der Waals surface area contributed by atoms with E-state index in [0.29, 0.717) is 74.6 Å². The molecule has 3 heterocycles. The third-order valence-electron chi connectivity index (χ3n) is 6.62. The number of rotatable bonds is 5. The summed E-state index contributed by atoms with van der Waals surface area (Å²) in [5, 5.41) is 15.0. The molecule has 2 aliphatic heterocycles. The van der Waals surface area contributed by atoms with E-state index in [-0.39, 0.29) is 34.1 Å². The number of hydrogen-bond acceptors (Lipinski definition) is 7. The van der Waals surface area contributed by atoms with Crippen LogP contribution in [0.2, 0.25) is 0 Å². The summed E-state index contributed by atoms with van der Waals surface area (Å²) in [6.45, 7) is 2.90. The number of carbonyl (C=O) groups excluding carboxylic acids is 2. The fraction of sp³-hybridized carbons (Fsp3) is 0.360. The van der Waals surface area contributed by atoms with Gasteiger partial charge >= 0.3 is 0 Å². The highest BCUT2D eigenvalue weighted by Crippen LogP contribution is 2.34. The zero-order valence-corrected chi connectivity index (χ0v) is 19.1. The quantitative estimate of drug-likeness (QED) is 0.439. The first-order chi connectivity index (χ1) is 17.0. The molecule has 2 fully saturated rings. The topological polar surface area (TPSA) is 118 Å². The Hall–Kier alpha value is -3.92. The maximum absolute atomic E-state index is 13.3. The summed E-state index contributed by atoms with van der Waals surface area (Å²) in [6.07, 6.45) is 1.08. The van der Waals surface area contributed by atoms with Crippen molar-refractivity contribution in [1.29, 1.82) is 0 Å². The van der Waals surface area contributed by atoms with E-state index in [1.807, 2.05) is 23.1 Å². The third kappa shape index (κ3) is 4.57. The molecule has 2 aromatic carbocycles. The predicted octanol–water partition coefficient (Wildman–Crippen LogP) is 3.67. The molecule has 10 heteroatoms. The van der Waals surface area contributed by atoms with Gasteiger partial charge in [-0.15, -0.1) is 0 Å². The van der Waals surface area contributed by atoms with Crippen molar-refractivity contribution in [3.8, 4) is 0 Å². The summed E-state index contributed by atoms with van der Waals surface area (Å²) < 4.78 is 11.2. The van der Waals surface area contributed by atoms with E-state index in [4.69, 9.17) is 9.15 Å². The van der Waals surface area contributed by atoms with Crippen LogP contribution in [0.3, 0.4) is 0 Å². The number of nitrogens with one attached hydrogen (secondary N) is 1. The van der Waals surface area contributed by atoms with Gasteiger partial charge in [0.05, 0.1) is 18.1 Å². The van der Waals surface area contributed by atoms with Crippen molar-refractivity contribution in [3.05, 3.63) is 64.4 Å². The number of hydrogen-bond donors (Lipinski definition) is 1. The normalized spacial score (nSPS) is 16.9. The molecule has 5 rings (SSSR count). The number of carbonyl (C=O) groups is 2. The molecule has 2 amide bonds. The van der Waals surface area contributed by atoms with Gasteiger partial charge in [-0.1, -0.05) is 24.3 Å². The van der Waals surface area contributed by atoms with Gasteiger partial charge in [0.15, 0.2) is 0 Å². The first kappa shape index (κ1) is 22.9. The van der Waals surface area contributed by atoms with Gasteiger partial charge in [-0.05, 0) is 31.0 Å². The van der Waals surface area contributed by atoms with Crippen molar-refractivity contribution < 1.29 is 23.7 Å². The minimum Gasteiger partial charge on any atom is -0.449 e. The molecular formula is C25H26N4O6. The molecule has 0 saturated carbocycles. The molecule has 3 aromatic rings. The number of ether oxygens (including phenoxy) is 1. The molecule has 10 nitrogen and oxygen atoms in total. The predicted molar refractivity (Wildman–Crippen MR) is 130 cm³/mol. The molecule has 0 spiro atoms. The van der Waals surface area contributed by atoms with Crippen LogP contribution in [0, 0.1) is 16.0 Å². The highest BCUT2D eigenvalue weighted by Gasteiger charge is 2.31. The van der Waals surface area contributed by atoms with Crippen LogP contribution in [0.4, 0.5) is 17.1 Å². The summed E-state index contributed by atoms with van der Waals surface area (Å²) in [5.74, 6) is -0.617. The zero-order chi connectivity index (χ0) is 24.4. The molecule has 0 bridgehead atoms. The lowest BCUT2D eigenvalue weighted by molar-refractivity contribution is -0.384. The summed E-state index contributed by atoms with van der Waals surface area (Å²) in [5.41, 5.74) is 1.55. The van der Waals surface area contributed by atoms with E-state index in [0.717, 1.165) is 0 Å². The van der Waals surface area contributed by atoms with Gasteiger partial charge in [0, 0.05) is 43.5 Å². The Balaban J connectivity index is 1.32. The number of anilines is 2. The molecule has 0 aliphatic carbocycles. The first-order valence-corrected chi connectivity index (χ1v) is 11.7. The molecule has 2 aliphatic rings. The highest BCUT2D eigenvalue weighted by molar-refractivity contribution is 6.11. The minimum absolute atomic E-state index is 0.0616. The number of nitrogens with zero attached hydrogens (tertiary/aromatic N) is 3. The van der Waals surface area contributed by atoms with Crippen molar-refractivity contribution >= 4 is 39.8 Å². The van der Waals surface area contributed by atoms with Gasteiger partial charge in [-0.3, -0.25) is 19.7 Å². The number of benzene rings is 2. The van der Waals surface area contributed by atoms with Gasteiger partial charge in [0.1, 0.15) is 17.0 Å². The van der Waals surface area contributed by atoms with Crippen LogP contribution in [-0.4, -0.2) is 61.0 Å². The van der Waals surface area contributed by atoms with Crippen LogP contribution < -0.4 is 10.2 Å². The van der Waals surface area contributed by atoms with Crippen molar-refractivity contribution in [2.75, 3.05) is 49.6 Å². The summed E-state index contributed by atoms with van der Waals surface area (Å²) >= 11 is 0. The Morgan fingerprint density at radius 2 is 1.66 bits per heavy atom. The Labute approximate surface area is 201 Å². The van der Waals surface area contributed by atoms with Crippen LogP contribution in [0.25, 0.3) is 11.0 Å². The number of nitro benzene ring substituents is 1. The van der Waals surface area contributed by atoms with Gasteiger partial charge in [-0.2, -0.15) is 0 Å². The molecule has 0 unspecified atom stereocenters. The van der Waals surface area contributed by atoms with Crippen molar-refractivity contribution in [1.82, 2.24) is 4.90 Å². The van der Waals surface area contributed by atoms with Gasteiger partial charge in [0.25, 0.3) is 11.6 Å². The van der Waals surface area contributed by atoms with E-state index in [1.54, 1.807) is 29.2 Å². The SMILES string of the molecule is O=C(Nc1c(C(=O)N2CCOCC2)oc2ccccc12)C1CCN(c2ccccc2[N+](=O)[O-])CC1. The average Bonchev–Trinajstić information content (AvgIpc) is 3.27. The molecule has 0 radical (unpaired) electrons. The number of amides is 2. The monoisotopic (exact) mass is 478 g/mol. The standard InChI is InChI=1S/C25H26N4O6/c30-24(17-9-11-27(12-10-17)19-6-2-3-7-20(19)29(32)33)26-22-18-5-1-4-8-21(18)35-23(22)25(31)28-13-15-34-16-14-28/h1-8,17H,9-16H2,(H,26,30). The Kier molecular flexibility index (Phi) is 6.37. The van der Waals surface area contributed by atoms with Crippen molar-refractivity contribution in [2.24, 2.45) is 5.92 Å². The summed E-state index contributed by atoms with van der Waals surface area (Å²) in [6, 6.07) is 13.9. The van der Waals surface area contributed by atoms with Gasteiger partial charge < -0.3 is 24.3 Å². The van der Waals surface area contributed by atoms with Gasteiger partial charge in [-0.25, -0.2) is 0 Å². The highest BCUT2D eigenvalue weighted by atomic mass is 16.6. The summed E-state index contributed by atoms with van der Waals surface area (Å²) in [4.78, 5) is 41.1. The number of fused-ring (bicyclic) bond motifs is 1. The number of furan rings is 1. The largest absolute Gasteiger partial charge is 0.449 e. The molecule has 2 saturated heterocycles. The Bertz CT molecular complexity index is 1260. The second-order valence-electron chi connectivity index (χ2n) is 8.70. The van der Waals surface area contributed by atoms with Crippen molar-refractivity contribution in [3.63, 3.8) is 0 Å². The Morgan fingerprint density at radius 1 is 0.971 bits per heavy atom. The van der Waals surface area contributed by atoms with Crippen LogP contribution in [0.15, 0.2) is 52.9 Å². The maximum atomic E-state index is 13.3. The lowest BCUT2D eigenvalue weighted by Crippen LogP contribution is -2.41. The lowest BCUT2D eigenvalue weighted by Gasteiger charge is -2.32. The third-order valence-corrected chi connectivity index (χ3v) is 6.62. The van der Waals surface area contributed by atoms with Crippen molar-refractivity contribution in [2.45, 2.75) is 12.8 Å². The maximum Gasteiger partial charge on any atom is 0.292 e. The summed E-state index contributed by atoms with van der Waals surface area (Å²) in [7, 11) is 0. The van der Waals surface area contributed by atoms with E-state index in [9.17, 15) is 19.7 Å². The second-order valence-corrected chi connectivity index (χ2v) is 8.70. The molecule has 182 valence electrons. The minimum atomic E-state index is -0.384. The molecule has 1 N–H and O–H groups in total. The lowest BCUT2D eigenvalue weighted by atomic mass is 9.95. The number of morpholine rings is 1. The first-order valence-electron chi connectivity index (χ1n) is 11.7. The van der Waals surface area contributed by atoms with E-state index < -0.39 is 0 Å². The molecule has 1 aromatic heterocycles. The second kappa shape index (κ2) is 9.75. The van der Waals surface area contributed by atoms with Crippen LogP contribution in [0.5, 0.6) is 0 Å². The Morgan fingerprint density at radius 3 is 2.40 bits per heavy atom.